The molecule has 1 atom stereocenters. The number of rotatable bonds is 8. The van der Waals surface area contributed by atoms with E-state index in [-0.39, 0.29) is 24.4 Å². The summed E-state index contributed by atoms with van der Waals surface area (Å²) in [7, 11) is 1.25. The summed E-state index contributed by atoms with van der Waals surface area (Å²) in [6.45, 7) is 9.16. The standard InChI is InChI=1S/C17H25NO5.C12H10O/c1-6-8-11(18-23-9-7-2)13-12(19)10-17(3,4)14(15(13)20)16(21)22-5;13-12-9-5-4-8-11(12)10-6-2-1-3-7-10/h7,14,19H,2,6,8-10H2,1,3-5H3;1-9,13H/b18-11+;. The van der Waals surface area contributed by atoms with Crippen molar-refractivity contribution < 1.29 is 29.4 Å². The second kappa shape index (κ2) is 13.3. The molecule has 7 nitrogen and oxygen atoms in total. The van der Waals surface area contributed by atoms with Gasteiger partial charge in [0.1, 0.15) is 24.0 Å². The molecule has 1 aliphatic rings. The number of methoxy groups -OCH3 is 1. The summed E-state index contributed by atoms with van der Waals surface area (Å²) in [5.41, 5.74) is 1.62. The van der Waals surface area contributed by atoms with Crippen molar-refractivity contribution in [2.45, 2.75) is 40.0 Å². The normalized spacial score (nSPS) is 17.1. The van der Waals surface area contributed by atoms with Gasteiger partial charge in [-0.05, 0) is 23.5 Å². The number of aromatic hydroxyl groups is 1. The van der Waals surface area contributed by atoms with Gasteiger partial charge in [-0.25, -0.2) is 0 Å². The van der Waals surface area contributed by atoms with Crippen LogP contribution in [-0.2, 0) is 19.2 Å². The molecule has 0 spiro atoms. The molecular weight excluding hydrogens is 458 g/mol. The summed E-state index contributed by atoms with van der Waals surface area (Å²) < 4.78 is 4.77. The summed E-state index contributed by atoms with van der Waals surface area (Å²) in [5.74, 6) is -1.78. The minimum atomic E-state index is -0.972. The van der Waals surface area contributed by atoms with E-state index < -0.39 is 23.1 Å². The molecule has 0 radical (unpaired) electrons. The van der Waals surface area contributed by atoms with E-state index in [1.165, 1.54) is 13.2 Å². The molecule has 0 saturated heterocycles. The average Bonchev–Trinajstić information content (AvgIpc) is 2.84. The molecule has 2 aromatic carbocycles. The number of phenols is 1. The first-order valence-electron chi connectivity index (χ1n) is 11.9. The van der Waals surface area contributed by atoms with Crippen LogP contribution >= 0.6 is 0 Å². The number of ketones is 1. The van der Waals surface area contributed by atoms with Gasteiger partial charge in [0.2, 0.25) is 0 Å². The summed E-state index contributed by atoms with van der Waals surface area (Å²) in [5, 5.41) is 23.9. The van der Waals surface area contributed by atoms with E-state index in [2.05, 4.69) is 11.7 Å². The number of Topliss-reactive ketones (excluding diaryl/α,β-unsaturated/α-hetero) is 1. The number of nitrogens with zero attached hydrogens (tertiary/aromatic N) is 1. The molecule has 1 unspecified atom stereocenters. The highest BCUT2D eigenvalue weighted by molar-refractivity contribution is 6.27. The second-order valence-corrected chi connectivity index (χ2v) is 9.06. The van der Waals surface area contributed by atoms with Gasteiger partial charge in [0.25, 0.3) is 0 Å². The molecule has 0 aromatic heterocycles. The smallest absolute Gasteiger partial charge is 0.317 e. The largest absolute Gasteiger partial charge is 0.511 e. The maximum absolute atomic E-state index is 12.8. The van der Waals surface area contributed by atoms with Gasteiger partial charge >= 0.3 is 5.97 Å². The molecule has 3 rings (SSSR count). The first kappa shape index (κ1) is 28.4. The van der Waals surface area contributed by atoms with Crippen LogP contribution in [0.3, 0.4) is 0 Å². The Labute approximate surface area is 212 Å². The van der Waals surface area contributed by atoms with E-state index in [0.29, 0.717) is 24.3 Å². The predicted molar refractivity (Wildman–Crippen MR) is 141 cm³/mol. The number of carbonyl (C=O) groups is 2. The summed E-state index contributed by atoms with van der Waals surface area (Å²) >= 11 is 0. The molecule has 0 aliphatic heterocycles. The second-order valence-electron chi connectivity index (χ2n) is 9.06. The average molecular weight is 494 g/mol. The van der Waals surface area contributed by atoms with Gasteiger partial charge in [0.05, 0.1) is 18.4 Å². The van der Waals surface area contributed by atoms with Crippen molar-refractivity contribution in [1.82, 2.24) is 0 Å². The fourth-order valence-corrected chi connectivity index (χ4v) is 4.07. The minimum absolute atomic E-state index is 0.0606. The van der Waals surface area contributed by atoms with E-state index in [1.54, 1.807) is 19.9 Å². The molecule has 0 heterocycles. The number of benzene rings is 2. The van der Waals surface area contributed by atoms with Gasteiger partial charge in [-0.2, -0.15) is 0 Å². The third kappa shape index (κ3) is 7.07. The third-order valence-electron chi connectivity index (χ3n) is 5.77. The molecule has 192 valence electrons. The molecule has 0 fully saturated rings. The molecular formula is C29H35NO6. The number of aliphatic hydroxyl groups is 1. The van der Waals surface area contributed by atoms with Crippen LogP contribution in [0.25, 0.3) is 11.1 Å². The highest BCUT2D eigenvalue weighted by Crippen LogP contribution is 2.42. The van der Waals surface area contributed by atoms with Crippen LogP contribution in [0.5, 0.6) is 5.75 Å². The number of carbonyl (C=O) groups excluding carboxylic acids is 2. The Balaban J connectivity index is 0.000000293. The van der Waals surface area contributed by atoms with Crippen LogP contribution in [-0.4, -0.2) is 41.4 Å². The Bertz CT molecular complexity index is 1120. The SMILES string of the molecule is C=CCO/N=C(\CCC)C1=C(O)CC(C)(C)C(C(=O)OC)C1=O.Oc1ccccc1-c1ccccc1. The predicted octanol–water partition coefficient (Wildman–Crippen LogP) is 6.00. The fraction of sp³-hybridized carbons (Fsp3) is 0.345. The van der Waals surface area contributed by atoms with Gasteiger partial charge in [-0.15, -0.1) is 0 Å². The van der Waals surface area contributed by atoms with Gasteiger partial charge in [-0.3, -0.25) is 9.59 Å². The number of hydrogen-bond acceptors (Lipinski definition) is 7. The van der Waals surface area contributed by atoms with Crippen molar-refractivity contribution in [2.24, 2.45) is 16.5 Å². The Hall–Kier alpha value is -3.87. The van der Waals surface area contributed by atoms with E-state index >= 15 is 0 Å². The number of hydrogen-bond donors (Lipinski definition) is 2. The maximum atomic E-state index is 12.8. The number of phenolic OH excluding ortho intramolecular Hbond substituents is 1. The van der Waals surface area contributed by atoms with Crippen LogP contribution in [0.4, 0.5) is 0 Å². The number of para-hydroxylation sites is 1. The van der Waals surface area contributed by atoms with E-state index in [4.69, 9.17) is 9.57 Å². The lowest BCUT2D eigenvalue weighted by Gasteiger charge is -2.36. The molecule has 0 bridgehead atoms. The molecule has 36 heavy (non-hydrogen) atoms. The summed E-state index contributed by atoms with van der Waals surface area (Å²) in [6, 6.07) is 17.2. The Morgan fingerprint density at radius 2 is 1.78 bits per heavy atom. The molecule has 1 aliphatic carbocycles. The van der Waals surface area contributed by atoms with Crippen molar-refractivity contribution in [1.29, 1.82) is 0 Å². The van der Waals surface area contributed by atoms with E-state index in [9.17, 15) is 19.8 Å². The van der Waals surface area contributed by atoms with Gasteiger partial charge < -0.3 is 19.8 Å². The summed E-state index contributed by atoms with van der Waals surface area (Å²) in [4.78, 5) is 30.0. The topological polar surface area (TPSA) is 105 Å². The van der Waals surface area contributed by atoms with Crippen molar-refractivity contribution in [2.75, 3.05) is 13.7 Å². The van der Waals surface area contributed by atoms with Gasteiger partial charge in [0, 0.05) is 12.0 Å². The number of oxime groups is 1. The van der Waals surface area contributed by atoms with Crippen LogP contribution < -0.4 is 0 Å². The first-order chi connectivity index (χ1) is 17.2. The Morgan fingerprint density at radius 3 is 2.36 bits per heavy atom. The fourth-order valence-electron chi connectivity index (χ4n) is 4.07. The van der Waals surface area contributed by atoms with Crippen molar-refractivity contribution in [3.8, 4) is 16.9 Å². The number of allylic oxidation sites excluding steroid dienone is 2. The summed E-state index contributed by atoms with van der Waals surface area (Å²) in [6.07, 6.45) is 2.89. The van der Waals surface area contributed by atoms with Crippen molar-refractivity contribution >= 4 is 17.5 Å². The quantitative estimate of drug-likeness (QED) is 0.117. The minimum Gasteiger partial charge on any atom is -0.511 e. The zero-order chi connectivity index (χ0) is 26.7. The Kier molecular flexibility index (Phi) is 10.5. The van der Waals surface area contributed by atoms with Gasteiger partial charge in [0.15, 0.2) is 5.78 Å². The first-order valence-corrected chi connectivity index (χ1v) is 11.9. The number of aliphatic hydroxyl groups excluding tert-OH is 1. The highest BCUT2D eigenvalue weighted by Gasteiger charge is 2.48. The maximum Gasteiger partial charge on any atom is 0.317 e. The molecule has 0 saturated carbocycles. The molecule has 2 N–H and O–H groups in total. The third-order valence-corrected chi connectivity index (χ3v) is 5.77. The van der Waals surface area contributed by atoms with Crippen LogP contribution in [0.1, 0.15) is 40.0 Å². The lowest BCUT2D eigenvalue weighted by atomic mass is 9.67. The lowest BCUT2D eigenvalue weighted by molar-refractivity contribution is -0.154. The monoisotopic (exact) mass is 493 g/mol. The van der Waals surface area contributed by atoms with Gasteiger partial charge in [-0.1, -0.05) is 93.5 Å². The van der Waals surface area contributed by atoms with Crippen LogP contribution in [0.2, 0.25) is 0 Å². The van der Waals surface area contributed by atoms with E-state index in [1.807, 2.05) is 55.5 Å². The van der Waals surface area contributed by atoms with Crippen LogP contribution in [0.15, 0.2) is 83.7 Å². The van der Waals surface area contributed by atoms with Crippen LogP contribution in [0, 0.1) is 11.3 Å². The number of ether oxygens (including phenoxy) is 1. The lowest BCUT2D eigenvalue weighted by Crippen LogP contribution is -2.44. The zero-order valence-electron chi connectivity index (χ0n) is 21.4. The van der Waals surface area contributed by atoms with Crippen molar-refractivity contribution in [3.63, 3.8) is 0 Å². The van der Waals surface area contributed by atoms with E-state index in [0.717, 1.165) is 11.1 Å². The highest BCUT2D eigenvalue weighted by atomic mass is 16.6. The van der Waals surface area contributed by atoms with Crippen molar-refractivity contribution in [3.05, 3.63) is 78.6 Å². The molecule has 2 aromatic rings. The molecule has 0 amide bonds. The number of esters is 1. The zero-order valence-corrected chi connectivity index (χ0v) is 21.4. The molecule has 7 heteroatoms. The Morgan fingerprint density at radius 1 is 1.14 bits per heavy atom.